The van der Waals surface area contributed by atoms with Crippen LogP contribution in [0.2, 0.25) is 0 Å². The predicted molar refractivity (Wildman–Crippen MR) is 60.1 cm³/mol. The predicted octanol–water partition coefficient (Wildman–Crippen LogP) is 2.00. The van der Waals surface area contributed by atoms with Gasteiger partial charge < -0.3 is 16.0 Å². The minimum Gasteiger partial charge on any atom is -0.474 e. The Hall–Kier alpha value is -0.950. The summed E-state index contributed by atoms with van der Waals surface area (Å²) in [4.78, 5) is 0. The van der Waals surface area contributed by atoms with Crippen molar-refractivity contribution in [3.05, 3.63) is 17.2 Å². The zero-order valence-corrected chi connectivity index (χ0v) is 9.00. The third-order valence-corrected chi connectivity index (χ3v) is 4.39. The molecule has 3 nitrogen and oxygen atoms in total. The molecule has 1 aliphatic heterocycles. The molecule has 1 fully saturated rings. The summed E-state index contributed by atoms with van der Waals surface area (Å²) in [6, 6.07) is 1.81. The molecule has 3 atom stereocenters. The van der Waals surface area contributed by atoms with Crippen LogP contribution in [0.15, 0.2) is 6.07 Å². The van der Waals surface area contributed by atoms with E-state index in [-0.39, 0.29) is 0 Å². The van der Waals surface area contributed by atoms with E-state index in [2.05, 4.69) is 6.92 Å². The molecule has 2 aliphatic rings. The second-order valence-corrected chi connectivity index (χ2v) is 5.27. The standard InChI is InChI=1S/C10H13N2OP/c1-4-6(11)3-7(12)10-9(4)5-2-8(5)14-13-10/h3,5,8,14H,2,11-12H2,1H3. The molecule has 1 saturated carbocycles. The molecule has 0 bridgehead atoms. The molecule has 4 heteroatoms. The van der Waals surface area contributed by atoms with Crippen LogP contribution in [0.1, 0.15) is 23.5 Å². The van der Waals surface area contributed by atoms with Crippen LogP contribution in [0.5, 0.6) is 5.75 Å². The molecule has 3 rings (SSSR count). The minimum atomic E-state index is 0.585. The minimum absolute atomic E-state index is 0.585. The van der Waals surface area contributed by atoms with Crippen molar-refractivity contribution in [2.24, 2.45) is 0 Å². The number of hydrogen-bond donors (Lipinski definition) is 2. The van der Waals surface area contributed by atoms with E-state index < -0.39 is 0 Å². The third-order valence-electron chi connectivity index (χ3n) is 3.13. The highest BCUT2D eigenvalue weighted by atomic mass is 31.1. The van der Waals surface area contributed by atoms with Crippen molar-refractivity contribution >= 4 is 20.2 Å². The monoisotopic (exact) mass is 208 g/mol. The number of nitrogen functional groups attached to an aromatic ring is 2. The van der Waals surface area contributed by atoms with Gasteiger partial charge in [0.2, 0.25) is 0 Å². The first-order chi connectivity index (χ1) is 6.68. The zero-order valence-electron chi connectivity index (χ0n) is 8.00. The topological polar surface area (TPSA) is 61.3 Å². The molecule has 1 aliphatic carbocycles. The van der Waals surface area contributed by atoms with E-state index in [1.165, 1.54) is 12.0 Å². The number of hydrogen-bond acceptors (Lipinski definition) is 3. The van der Waals surface area contributed by atoms with Crippen LogP contribution in [0, 0.1) is 6.92 Å². The summed E-state index contributed by atoms with van der Waals surface area (Å²) in [5, 5.41) is 0. The number of rotatable bonds is 0. The lowest BCUT2D eigenvalue weighted by Crippen LogP contribution is -2.05. The molecule has 1 aromatic rings. The first kappa shape index (κ1) is 8.37. The van der Waals surface area contributed by atoms with Crippen LogP contribution >= 0.6 is 8.81 Å². The molecule has 1 heterocycles. The molecular formula is C10H13N2OP. The van der Waals surface area contributed by atoms with Crippen molar-refractivity contribution in [3.63, 3.8) is 0 Å². The van der Waals surface area contributed by atoms with Crippen molar-refractivity contribution in [2.45, 2.75) is 24.9 Å². The fourth-order valence-electron chi connectivity index (χ4n) is 2.16. The summed E-state index contributed by atoms with van der Waals surface area (Å²) in [6.45, 7) is 2.06. The van der Waals surface area contributed by atoms with Gasteiger partial charge in [-0.15, -0.1) is 0 Å². The van der Waals surface area contributed by atoms with Crippen molar-refractivity contribution in [2.75, 3.05) is 11.5 Å². The summed E-state index contributed by atoms with van der Waals surface area (Å²) in [6.07, 6.45) is 1.25. The fraction of sp³-hybridized carbons (Fsp3) is 0.400. The van der Waals surface area contributed by atoms with Gasteiger partial charge in [0.25, 0.3) is 0 Å². The lowest BCUT2D eigenvalue weighted by Gasteiger charge is -2.21. The SMILES string of the molecule is Cc1c(N)cc(N)c2c1C1CC1PO2. The van der Waals surface area contributed by atoms with Gasteiger partial charge >= 0.3 is 0 Å². The Balaban J connectivity index is 2.26. The van der Waals surface area contributed by atoms with E-state index in [9.17, 15) is 0 Å². The van der Waals surface area contributed by atoms with E-state index in [4.69, 9.17) is 16.0 Å². The number of benzene rings is 1. The Morgan fingerprint density at radius 3 is 3.00 bits per heavy atom. The first-order valence-corrected chi connectivity index (χ1v) is 5.78. The number of anilines is 2. The van der Waals surface area contributed by atoms with Gasteiger partial charge in [-0.25, -0.2) is 0 Å². The summed E-state index contributed by atoms with van der Waals surface area (Å²) in [5.41, 5.74) is 16.4. The van der Waals surface area contributed by atoms with Gasteiger partial charge in [0.05, 0.1) is 14.5 Å². The van der Waals surface area contributed by atoms with Crippen LogP contribution in [-0.4, -0.2) is 5.66 Å². The lowest BCUT2D eigenvalue weighted by atomic mass is 10.00. The average Bonchev–Trinajstić information content (AvgIpc) is 2.91. The van der Waals surface area contributed by atoms with Gasteiger partial charge in [0, 0.05) is 16.9 Å². The highest BCUT2D eigenvalue weighted by Gasteiger charge is 2.46. The smallest absolute Gasteiger partial charge is 0.149 e. The average molecular weight is 208 g/mol. The molecule has 0 radical (unpaired) electrons. The van der Waals surface area contributed by atoms with E-state index in [1.807, 2.05) is 0 Å². The normalized spacial score (nSPS) is 29.2. The van der Waals surface area contributed by atoms with Crippen LogP contribution in [0.3, 0.4) is 0 Å². The Morgan fingerprint density at radius 2 is 2.21 bits per heavy atom. The van der Waals surface area contributed by atoms with Gasteiger partial charge in [-0.2, -0.15) is 0 Å². The van der Waals surface area contributed by atoms with Crippen LogP contribution in [0.4, 0.5) is 11.4 Å². The Morgan fingerprint density at radius 1 is 1.43 bits per heavy atom. The Bertz CT molecular complexity index is 419. The summed E-state index contributed by atoms with van der Waals surface area (Å²) in [5.74, 6) is 1.57. The summed E-state index contributed by atoms with van der Waals surface area (Å²) >= 11 is 0. The van der Waals surface area contributed by atoms with Crippen molar-refractivity contribution in [1.29, 1.82) is 0 Å². The van der Waals surface area contributed by atoms with E-state index in [0.717, 1.165) is 22.7 Å². The largest absolute Gasteiger partial charge is 0.474 e. The highest BCUT2D eigenvalue weighted by Crippen LogP contribution is 2.61. The number of nitrogens with two attached hydrogens (primary N) is 2. The molecule has 1 aromatic carbocycles. The summed E-state index contributed by atoms with van der Waals surface area (Å²) in [7, 11) is 0.585. The second-order valence-electron chi connectivity index (χ2n) is 4.09. The Labute approximate surface area is 84.7 Å². The quantitative estimate of drug-likeness (QED) is 0.506. The van der Waals surface area contributed by atoms with Crippen LogP contribution in [0.25, 0.3) is 0 Å². The Kier molecular flexibility index (Phi) is 1.52. The van der Waals surface area contributed by atoms with Crippen LogP contribution < -0.4 is 16.0 Å². The summed E-state index contributed by atoms with van der Waals surface area (Å²) < 4.78 is 5.69. The van der Waals surface area contributed by atoms with Crippen LogP contribution in [-0.2, 0) is 0 Å². The third kappa shape index (κ3) is 0.963. The fourth-order valence-corrected chi connectivity index (χ4v) is 3.34. The van der Waals surface area contributed by atoms with E-state index in [1.54, 1.807) is 6.07 Å². The highest BCUT2D eigenvalue weighted by molar-refractivity contribution is 7.34. The van der Waals surface area contributed by atoms with Crippen molar-refractivity contribution in [3.8, 4) is 5.75 Å². The maximum atomic E-state index is 5.89. The molecule has 0 saturated heterocycles. The molecule has 0 aromatic heterocycles. The maximum Gasteiger partial charge on any atom is 0.149 e. The van der Waals surface area contributed by atoms with Gasteiger partial charge in [0.1, 0.15) is 5.75 Å². The van der Waals surface area contributed by atoms with Gasteiger partial charge in [-0.3, -0.25) is 0 Å². The zero-order chi connectivity index (χ0) is 9.87. The van der Waals surface area contributed by atoms with E-state index in [0.29, 0.717) is 20.4 Å². The first-order valence-electron chi connectivity index (χ1n) is 4.79. The molecule has 0 amide bonds. The second kappa shape index (κ2) is 2.54. The molecule has 0 spiro atoms. The van der Waals surface area contributed by atoms with Crippen molar-refractivity contribution < 1.29 is 4.52 Å². The molecule has 74 valence electrons. The van der Waals surface area contributed by atoms with Crippen molar-refractivity contribution in [1.82, 2.24) is 0 Å². The lowest BCUT2D eigenvalue weighted by molar-refractivity contribution is 0.609. The van der Waals surface area contributed by atoms with E-state index >= 15 is 0 Å². The molecule has 14 heavy (non-hydrogen) atoms. The van der Waals surface area contributed by atoms with Gasteiger partial charge in [0.15, 0.2) is 0 Å². The maximum absolute atomic E-state index is 5.89. The molecule has 4 N–H and O–H groups in total. The van der Waals surface area contributed by atoms with Gasteiger partial charge in [-0.1, -0.05) is 0 Å². The number of fused-ring (bicyclic) bond motifs is 3. The van der Waals surface area contributed by atoms with Gasteiger partial charge in [-0.05, 0) is 30.9 Å². The molecular weight excluding hydrogens is 195 g/mol. The molecule has 3 unspecified atom stereocenters.